The molecule has 2 heterocycles. The van der Waals surface area contributed by atoms with E-state index in [9.17, 15) is 13.2 Å². The molecular weight excluding hydrogens is 448 g/mol. The van der Waals surface area contributed by atoms with E-state index in [4.69, 9.17) is 4.42 Å². The number of anilines is 1. The molecule has 0 atom stereocenters. The lowest BCUT2D eigenvalue weighted by molar-refractivity contribution is 0.102. The van der Waals surface area contributed by atoms with Crippen LogP contribution in [0.2, 0.25) is 0 Å². The summed E-state index contributed by atoms with van der Waals surface area (Å²) in [5.41, 5.74) is 1.15. The fourth-order valence-corrected chi connectivity index (χ4v) is 4.85. The van der Waals surface area contributed by atoms with E-state index in [0.717, 1.165) is 10.4 Å². The monoisotopic (exact) mass is 468 g/mol. The van der Waals surface area contributed by atoms with Gasteiger partial charge in [-0.3, -0.25) is 10.1 Å². The molecule has 0 aliphatic heterocycles. The number of sulfonamides is 1. The maximum Gasteiger partial charge on any atom is 0.322 e. The molecule has 164 valence electrons. The van der Waals surface area contributed by atoms with Gasteiger partial charge in [0.25, 0.3) is 5.91 Å². The molecule has 4 rings (SSSR count). The van der Waals surface area contributed by atoms with Crippen LogP contribution in [0.3, 0.4) is 0 Å². The highest BCUT2D eigenvalue weighted by Crippen LogP contribution is 2.19. The number of benzene rings is 2. The SMILES string of the molecule is CN(Cc1ccccc1)S(=O)(=O)c1ccc(C(=O)Nc2nnc(Cc3cccs3)o2)cc1. The van der Waals surface area contributed by atoms with Gasteiger partial charge in [-0.25, -0.2) is 8.42 Å². The van der Waals surface area contributed by atoms with E-state index >= 15 is 0 Å². The zero-order chi connectivity index (χ0) is 22.6. The van der Waals surface area contributed by atoms with E-state index in [1.54, 1.807) is 11.3 Å². The number of hydrogen-bond donors (Lipinski definition) is 1. The summed E-state index contributed by atoms with van der Waals surface area (Å²) in [4.78, 5) is 13.7. The van der Waals surface area contributed by atoms with Crippen molar-refractivity contribution in [1.29, 1.82) is 0 Å². The second-order valence-electron chi connectivity index (χ2n) is 6.98. The summed E-state index contributed by atoms with van der Waals surface area (Å²) >= 11 is 1.58. The average Bonchev–Trinajstić information content (AvgIpc) is 3.47. The number of aromatic nitrogens is 2. The Morgan fingerprint density at radius 2 is 1.78 bits per heavy atom. The minimum absolute atomic E-state index is 0.0131. The van der Waals surface area contributed by atoms with Crippen LogP contribution in [-0.4, -0.2) is 35.9 Å². The van der Waals surface area contributed by atoms with Crippen LogP contribution < -0.4 is 5.32 Å². The lowest BCUT2D eigenvalue weighted by Gasteiger charge is -2.17. The Labute approximate surface area is 189 Å². The second-order valence-corrected chi connectivity index (χ2v) is 10.1. The third-order valence-corrected chi connectivity index (χ3v) is 7.36. The molecule has 0 aliphatic rings. The number of amides is 1. The highest BCUT2D eigenvalue weighted by Gasteiger charge is 2.21. The number of rotatable bonds is 8. The Morgan fingerprint density at radius 1 is 1.03 bits per heavy atom. The molecule has 0 bridgehead atoms. The van der Waals surface area contributed by atoms with Gasteiger partial charge in [-0.1, -0.05) is 41.5 Å². The largest absolute Gasteiger partial charge is 0.407 e. The Morgan fingerprint density at radius 3 is 2.47 bits per heavy atom. The molecule has 2 aromatic carbocycles. The summed E-state index contributed by atoms with van der Waals surface area (Å²) in [6, 6.07) is 18.9. The minimum Gasteiger partial charge on any atom is -0.407 e. The maximum absolute atomic E-state index is 12.8. The number of nitrogens with zero attached hydrogens (tertiary/aromatic N) is 3. The quantitative estimate of drug-likeness (QED) is 0.422. The van der Waals surface area contributed by atoms with Crippen LogP contribution in [-0.2, 0) is 23.0 Å². The first-order chi connectivity index (χ1) is 15.4. The Bertz CT molecular complexity index is 1290. The molecule has 0 aliphatic carbocycles. The van der Waals surface area contributed by atoms with E-state index in [0.29, 0.717) is 12.3 Å². The smallest absolute Gasteiger partial charge is 0.322 e. The molecule has 10 heteroatoms. The van der Waals surface area contributed by atoms with E-state index < -0.39 is 15.9 Å². The Kier molecular flexibility index (Phi) is 6.45. The number of carbonyl (C=O) groups is 1. The lowest BCUT2D eigenvalue weighted by atomic mass is 10.2. The second kappa shape index (κ2) is 9.43. The van der Waals surface area contributed by atoms with Crippen LogP contribution in [0.25, 0.3) is 0 Å². The Hall–Kier alpha value is -3.34. The summed E-state index contributed by atoms with van der Waals surface area (Å²) in [5, 5.41) is 12.3. The molecule has 32 heavy (non-hydrogen) atoms. The van der Waals surface area contributed by atoms with Gasteiger partial charge in [-0.05, 0) is 41.3 Å². The fourth-order valence-electron chi connectivity index (χ4n) is 2.99. The van der Waals surface area contributed by atoms with E-state index in [2.05, 4.69) is 15.5 Å². The van der Waals surface area contributed by atoms with Crippen molar-refractivity contribution < 1.29 is 17.6 Å². The summed E-state index contributed by atoms with van der Waals surface area (Å²) in [5.74, 6) is -0.0800. The van der Waals surface area contributed by atoms with E-state index in [1.807, 2.05) is 47.8 Å². The number of hydrogen-bond acceptors (Lipinski definition) is 7. The van der Waals surface area contributed by atoms with Crippen molar-refractivity contribution in [2.75, 3.05) is 12.4 Å². The standard InChI is InChI=1S/C22H20N4O4S2/c1-26(15-16-6-3-2-4-7-16)32(28,29)19-11-9-17(10-12-19)21(27)23-22-25-24-20(30-22)14-18-8-5-13-31-18/h2-13H,14-15H2,1H3,(H,23,25,27). The van der Waals surface area contributed by atoms with Crippen molar-refractivity contribution in [2.45, 2.75) is 17.9 Å². The van der Waals surface area contributed by atoms with Crippen molar-refractivity contribution in [3.63, 3.8) is 0 Å². The first-order valence-electron chi connectivity index (χ1n) is 9.68. The highest BCUT2D eigenvalue weighted by atomic mass is 32.2. The molecule has 0 spiro atoms. The molecule has 0 saturated carbocycles. The van der Waals surface area contributed by atoms with Gasteiger partial charge < -0.3 is 4.42 Å². The number of carbonyl (C=O) groups excluding carboxylic acids is 1. The van der Waals surface area contributed by atoms with Gasteiger partial charge >= 0.3 is 6.01 Å². The third kappa shape index (κ3) is 5.10. The van der Waals surface area contributed by atoms with Crippen molar-refractivity contribution >= 4 is 33.3 Å². The van der Waals surface area contributed by atoms with Crippen molar-refractivity contribution in [2.24, 2.45) is 0 Å². The molecule has 0 radical (unpaired) electrons. The maximum atomic E-state index is 12.8. The highest BCUT2D eigenvalue weighted by molar-refractivity contribution is 7.89. The van der Waals surface area contributed by atoms with Crippen molar-refractivity contribution in [3.05, 3.63) is 94.0 Å². The first-order valence-corrected chi connectivity index (χ1v) is 12.0. The lowest BCUT2D eigenvalue weighted by Crippen LogP contribution is -2.26. The van der Waals surface area contributed by atoms with Crippen LogP contribution in [0.1, 0.15) is 26.7 Å². The van der Waals surface area contributed by atoms with Crippen LogP contribution in [0.15, 0.2) is 81.4 Å². The molecule has 0 saturated heterocycles. The van der Waals surface area contributed by atoms with E-state index in [1.165, 1.54) is 35.6 Å². The van der Waals surface area contributed by atoms with Crippen LogP contribution >= 0.6 is 11.3 Å². The normalized spacial score (nSPS) is 11.6. The zero-order valence-electron chi connectivity index (χ0n) is 17.1. The van der Waals surface area contributed by atoms with Crippen molar-refractivity contribution in [3.8, 4) is 0 Å². The molecule has 0 unspecified atom stereocenters. The Balaban J connectivity index is 1.40. The van der Waals surface area contributed by atoms with Gasteiger partial charge in [0.1, 0.15) is 0 Å². The number of thiophene rings is 1. The topological polar surface area (TPSA) is 105 Å². The summed E-state index contributed by atoms with van der Waals surface area (Å²) in [7, 11) is -2.18. The molecule has 4 aromatic rings. The van der Waals surface area contributed by atoms with Gasteiger partial charge in [0.15, 0.2) is 0 Å². The zero-order valence-corrected chi connectivity index (χ0v) is 18.8. The molecule has 1 amide bonds. The fraction of sp³-hybridized carbons (Fsp3) is 0.136. The first kappa shape index (κ1) is 21.9. The summed E-state index contributed by atoms with van der Waals surface area (Å²) in [6.07, 6.45) is 0.490. The summed E-state index contributed by atoms with van der Waals surface area (Å²) in [6.45, 7) is 0.246. The molecule has 0 fully saturated rings. The molecule has 8 nitrogen and oxygen atoms in total. The van der Waals surface area contributed by atoms with Crippen LogP contribution in [0.5, 0.6) is 0 Å². The number of nitrogens with one attached hydrogen (secondary N) is 1. The third-order valence-electron chi connectivity index (χ3n) is 4.67. The molecule has 2 aromatic heterocycles. The predicted octanol–water partition coefficient (Wildman–Crippen LogP) is 3.79. The van der Waals surface area contributed by atoms with Crippen LogP contribution in [0.4, 0.5) is 6.01 Å². The van der Waals surface area contributed by atoms with Gasteiger partial charge in [-0.2, -0.15) is 4.31 Å². The van der Waals surface area contributed by atoms with Gasteiger partial charge in [0.05, 0.1) is 11.3 Å². The van der Waals surface area contributed by atoms with E-state index in [-0.39, 0.29) is 23.0 Å². The predicted molar refractivity (Wildman–Crippen MR) is 121 cm³/mol. The average molecular weight is 469 g/mol. The van der Waals surface area contributed by atoms with Gasteiger partial charge in [-0.15, -0.1) is 16.4 Å². The van der Waals surface area contributed by atoms with Crippen molar-refractivity contribution in [1.82, 2.24) is 14.5 Å². The summed E-state index contributed by atoms with van der Waals surface area (Å²) < 4.78 is 32.4. The minimum atomic E-state index is -3.70. The van der Waals surface area contributed by atoms with Crippen LogP contribution in [0, 0.1) is 0 Å². The van der Waals surface area contributed by atoms with Gasteiger partial charge in [0.2, 0.25) is 15.9 Å². The molecular formula is C22H20N4O4S2. The molecule has 1 N–H and O–H groups in total. The van der Waals surface area contributed by atoms with Gasteiger partial charge in [0, 0.05) is 24.0 Å².